The molecule has 0 aromatic carbocycles. The van der Waals surface area contributed by atoms with Crippen LogP contribution in [0.3, 0.4) is 0 Å². The summed E-state index contributed by atoms with van der Waals surface area (Å²) in [6.07, 6.45) is 10.6. The van der Waals surface area contributed by atoms with Gasteiger partial charge in [-0.15, -0.1) is 0 Å². The Hall–Kier alpha value is -3.26. The molecule has 0 bridgehead atoms. The maximum atomic E-state index is 14.1. The van der Waals surface area contributed by atoms with Gasteiger partial charge in [0.15, 0.2) is 0 Å². The Bertz CT molecular complexity index is 1150. The number of aliphatic hydroxyl groups excluding tert-OH is 1. The molecule has 0 unspecified atom stereocenters. The van der Waals surface area contributed by atoms with Crippen molar-refractivity contribution in [2.45, 2.75) is 161 Å². The Morgan fingerprint density at radius 2 is 1.45 bits per heavy atom. The van der Waals surface area contributed by atoms with Gasteiger partial charge in [0.2, 0.25) is 29.5 Å². The number of nitrogens with two attached hydrogens (primary N) is 1. The van der Waals surface area contributed by atoms with Crippen molar-refractivity contribution in [2.75, 3.05) is 20.1 Å². The third-order valence-electron chi connectivity index (χ3n) is 10.6. The van der Waals surface area contributed by atoms with Crippen molar-refractivity contribution in [2.24, 2.45) is 23.5 Å². The number of hydrogen-bond acceptors (Lipinski definition) is 9. The molecule has 1 heterocycles. The third-order valence-corrected chi connectivity index (χ3v) is 10.6. The molecule has 0 spiro atoms. The van der Waals surface area contributed by atoms with E-state index in [-0.39, 0.29) is 24.3 Å². The maximum absolute atomic E-state index is 14.1. The van der Waals surface area contributed by atoms with Gasteiger partial charge in [-0.25, -0.2) is 0 Å². The van der Waals surface area contributed by atoms with Crippen LogP contribution in [-0.4, -0.2) is 102 Å². The molecule has 7 N–H and O–H groups in total. The van der Waals surface area contributed by atoms with Crippen molar-refractivity contribution in [1.82, 2.24) is 26.2 Å². The minimum atomic E-state index is -1.47. The highest BCUT2D eigenvalue weighted by Gasteiger charge is 2.39. The van der Waals surface area contributed by atoms with Gasteiger partial charge in [-0.05, 0) is 38.0 Å². The summed E-state index contributed by atoms with van der Waals surface area (Å²) in [6, 6.07) is -4.71. The summed E-state index contributed by atoms with van der Waals surface area (Å²) in [6.45, 7) is 7.93. The van der Waals surface area contributed by atoms with Crippen LogP contribution >= 0.6 is 0 Å². The van der Waals surface area contributed by atoms with Gasteiger partial charge in [-0.1, -0.05) is 98.3 Å². The fourth-order valence-electron chi connectivity index (χ4n) is 6.59. The van der Waals surface area contributed by atoms with Crippen LogP contribution in [0.4, 0.5) is 0 Å². The van der Waals surface area contributed by atoms with Crippen molar-refractivity contribution < 1.29 is 38.6 Å². The van der Waals surface area contributed by atoms with Crippen LogP contribution in [0.1, 0.15) is 125 Å². The molecule has 2 aliphatic rings. The number of rotatable bonds is 15. The molecule has 5 amide bonds. The highest BCUT2D eigenvalue weighted by Crippen LogP contribution is 2.32. The average Bonchev–Trinajstić information content (AvgIpc) is 3.08. The summed E-state index contributed by atoms with van der Waals surface area (Å²) < 4.78 is 5.84. The normalized spacial score (nSPS) is 27.8. The van der Waals surface area contributed by atoms with E-state index in [4.69, 9.17) is 10.5 Å². The minimum absolute atomic E-state index is 0.241. The Morgan fingerprint density at radius 1 is 0.843 bits per heavy atom. The number of esters is 1. The van der Waals surface area contributed by atoms with Gasteiger partial charge >= 0.3 is 5.97 Å². The van der Waals surface area contributed by atoms with Crippen molar-refractivity contribution in [3.8, 4) is 0 Å². The molecular formula is C37H66N6O8. The monoisotopic (exact) mass is 722 g/mol. The molecule has 292 valence electrons. The summed E-state index contributed by atoms with van der Waals surface area (Å²) >= 11 is 0. The second-order valence-corrected chi connectivity index (χ2v) is 14.7. The number of carbonyl (C=O) groups is 6. The first-order chi connectivity index (χ1) is 24.2. The quantitative estimate of drug-likeness (QED) is 0.108. The summed E-state index contributed by atoms with van der Waals surface area (Å²) in [7, 11) is 1.57. The molecule has 2 rings (SSSR count). The topological polar surface area (TPSA) is 209 Å². The number of nitrogens with zero attached hydrogens (tertiary/aromatic N) is 1. The van der Waals surface area contributed by atoms with Gasteiger partial charge in [0.1, 0.15) is 36.8 Å². The highest BCUT2D eigenvalue weighted by atomic mass is 16.5. The molecule has 1 aliphatic carbocycles. The first kappa shape index (κ1) is 43.9. The van der Waals surface area contributed by atoms with E-state index in [1.165, 1.54) is 31.1 Å². The molecule has 1 aliphatic heterocycles. The van der Waals surface area contributed by atoms with E-state index in [1.807, 2.05) is 6.92 Å². The lowest BCUT2D eigenvalue weighted by Crippen LogP contribution is -2.62. The lowest BCUT2D eigenvalue weighted by molar-refractivity contribution is -0.158. The van der Waals surface area contributed by atoms with Gasteiger partial charge in [0, 0.05) is 13.6 Å². The molecule has 51 heavy (non-hydrogen) atoms. The van der Waals surface area contributed by atoms with Gasteiger partial charge in [0.25, 0.3) is 0 Å². The standard InChI is InChI=1S/C37H66N6O8/c1-7-9-10-11-12-13-14-15-19-29-24(4)37(50)43(6)28(20-26-17-16-18-26)34(47)41-31(23(3)8-2)36(49)40-27(21-38)33(46)42-32(25(5)44)35(48)39-22-30(45)51-29/h23-29,31-32,44H,7-22,38H2,1-6H3,(H,39,48)(H,40,49)(H,41,47)(H,42,46)/t23-,24-,25+,27+,28+,29-,31+,32+/m1/s1. The number of carbonyl (C=O) groups excluding carboxylic acids is 6. The van der Waals surface area contributed by atoms with Gasteiger partial charge in [-0.3, -0.25) is 28.8 Å². The lowest BCUT2D eigenvalue weighted by Gasteiger charge is -2.37. The fourth-order valence-corrected chi connectivity index (χ4v) is 6.59. The number of unbranched alkanes of at least 4 members (excludes halogenated alkanes) is 7. The molecular weight excluding hydrogens is 656 g/mol. The smallest absolute Gasteiger partial charge is 0.325 e. The maximum Gasteiger partial charge on any atom is 0.325 e. The van der Waals surface area contributed by atoms with Crippen molar-refractivity contribution in [3.63, 3.8) is 0 Å². The van der Waals surface area contributed by atoms with E-state index in [2.05, 4.69) is 28.2 Å². The van der Waals surface area contributed by atoms with Crippen LogP contribution in [-0.2, 0) is 33.5 Å². The van der Waals surface area contributed by atoms with E-state index >= 15 is 0 Å². The molecule has 1 saturated carbocycles. The zero-order chi connectivity index (χ0) is 38.1. The first-order valence-corrected chi connectivity index (χ1v) is 19.3. The zero-order valence-electron chi connectivity index (χ0n) is 31.8. The number of cyclic esters (lactones) is 1. The second-order valence-electron chi connectivity index (χ2n) is 14.7. The summed E-state index contributed by atoms with van der Waals surface area (Å²) in [5, 5.41) is 20.6. The summed E-state index contributed by atoms with van der Waals surface area (Å²) in [5.74, 6) is -4.86. The molecule has 0 aromatic heterocycles. The summed E-state index contributed by atoms with van der Waals surface area (Å²) in [4.78, 5) is 82.7. The molecule has 0 aromatic rings. The second kappa shape index (κ2) is 22.6. The average molecular weight is 723 g/mol. The highest BCUT2D eigenvalue weighted by molar-refractivity contribution is 5.96. The van der Waals surface area contributed by atoms with Crippen LogP contribution < -0.4 is 27.0 Å². The van der Waals surface area contributed by atoms with E-state index < -0.39 is 78.4 Å². The Labute approximate surface area is 304 Å². The molecule has 14 nitrogen and oxygen atoms in total. The van der Waals surface area contributed by atoms with Crippen molar-refractivity contribution in [3.05, 3.63) is 0 Å². The summed E-state index contributed by atoms with van der Waals surface area (Å²) in [5.41, 5.74) is 5.85. The molecule has 0 radical (unpaired) electrons. The van der Waals surface area contributed by atoms with Crippen molar-refractivity contribution >= 4 is 35.5 Å². The predicted octanol–water partition coefficient (Wildman–Crippen LogP) is 2.05. The van der Waals surface area contributed by atoms with Crippen LogP contribution in [0.2, 0.25) is 0 Å². The largest absolute Gasteiger partial charge is 0.460 e. The number of likely N-dealkylation sites (N-methyl/N-ethyl adjacent to an activating group) is 1. The first-order valence-electron chi connectivity index (χ1n) is 19.3. The van der Waals surface area contributed by atoms with Crippen LogP contribution in [0.25, 0.3) is 0 Å². The Kier molecular flexibility index (Phi) is 19.5. The van der Waals surface area contributed by atoms with E-state index in [0.29, 0.717) is 19.3 Å². The number of aliphatic hydroxyl groups is 1. The predicted molar refractivity (Wildman–Crippen MR) is 194 cm³/mol. The molecule has 14 heteroatoms. The zero-order valence-corrected chi connectivity index (χ0v) is 31.8. The third kappa shape index (κ3) is 14.0. The Morgan fingerprint density at radius 3 is 2.00 bits per heavy atom. The molecule has 1 saturated heterocycles. The van der Waals surface area contributed by atoms with Crippen LogP contribution in [0.15, 0.2) is 0 Å². The molecule has 8 atom stereocenters. The Balaban J connectivity index is 2.45. The van der Waals surface area contributed by atoms with E-state index in [0.717, 1.165) is 51.4 Å². The lowest BCUT2D eigenvalue weighted by atomic mass is 9.80. The number of hydrogen-bond donors (Lipinski definition) is 6. The van der Waals surface area contributed by atoms with Crippen LogP contribution in [0, 0.1) is 17.8 Å². The van der Waals surface area contributed by atoms with Gasteiger partial charge < -0.3 is 41.7 Å². The van der Waals surface area contributed by atoms with E-state index in [9.17, 15) is 33.9 Å². The van der Waals surface area contributed by atoms with Gasteiger partial charge in [0.05, 0.1) is 12.0 Å². The number of amides is 5. The van der Waals surface area contributed by atoms with Crippen LogP contribution in [0.5, 0.6) is 0 Å². The SMILES string of the molecule is CCCCCCCCCC[C@H]1OC(=O)CNC(=O)[C@H]([C@H](C)O)NC(=O)[C@H](CN)NC(=O)[C@H]([C@H](C)CC)NC(=O)[C@H](CC2CCC2)N(C)C(=O)[C@@H]1C. The fraction of sp³-hybridized carbons (Fsp3) is 0.838. The van der Waals surface area contributed by atoms with Crippen molar-refractivity contribution in [1.29, 1.82) is 0 Å². The molecule has 2 fully saturated rings. The number of nitrogens with one attached hydrogen (secondary N) is 4. The van der Waals surface area contributed by atoms with Gasteiger partial charge in [-0.2, -0.15) is 0 Å². The van der Waals surface area contributed by atoms with E-state index in [1.54, 1.807) is 20.9 Å². The minimum Gasteiger partial charge on any atom is -0.460 e. The number of ether oxygens (including phenoxy) is 1.